The van der Waals surface area contributed by atoms with Crippen LogP contribution in [0.2, 0.25) is 0 Å². The fraction of sp³-hybridized carbons (Fsp3) is 0.135. The Hall–Kier alpha value is -4.12. The Morgan fingerprint density at radius 1 is 0.565 bits per heavy atom. The van der Waals surface area contributed by atoms with Gasteiger partial charge in [0.1, 0.15) is 0 Å². The smallest absolute Gasteiger partial charge is 0.0892 e. The lowest BCUT2D eigenvalue weighted by molar-refractivity contribution is 0.665. The standard InChI is InChI=1S/C37H33N5S4/c1-39-30-13-11-26(22-33(30)42-35(37-10-6-18-46-37)24-29-8-4-16-44-29)20-27(38)19-25-12-14-31(32(21-25)40-2)41-34(36-9-5-17-45-36)23-28-7-3-15-43-28/h3-18,21-22,27H,1-2,19-20,23-24,38H2. The van der Waals surface area contributed by atoms with Gasteiger partial charge in [-0.1, -0.05) is 36.4 Å². The molecule has 0 aliphatic rings. The molecule has 0 radical (unpaired) electrons. The van der Waals surface area contributed by atoms with Gasteiger partial charge >= 0.3 is 0 Å². The lowest BCUT2D eigenvalue weighted by atomic mass is 9.98. The molecule has 0 aliphatic carbocycles. The predicted molar refractivity (Wildman–Crippen MR) is 204 cm³/mol. The first kappa shape index (κ1) is 31.8. The van der Waals surface area contributed by atoms with E-state index >= 15 is 0 Å². The van der Waals surface area contributed by atoms with E-state index in [9.17, 15) is 0 Å². The van der Waals surface area contributed by atoms with Crippen molar-refractivity contribution in [1.29, 1.82) is 0 Å². The van der Waals surface area contributed by atoms with Crippen LogP contribution in [-0.2, 0) is 25.7 Å². The molecule has 0 saturated heterocycles. The highest BCUT2D eigenvalue weighted by Crippen LogP contribution is 2.33. The fourth-order valence-corrected chi connectivity index (χ4v) is 8.06. The Bertz CT molecular complexity index is 1930. The molecule has 46 heavy (non-hydrogen) atoms. The van der Waals surface area contributed by atoms with Crippen LogP contribution < -0.4 is 5.73 Å². The molecule has 0 fully saturated rings. The van der Waals surface area contributed by atoms with Crippen LogP contribution in [0.25, 0.3) is 0 Å². The molecular weight excluding hydrogens is 643 g/mol. The van der Waals surface area contributed by atoms with Gasteiger partial charge < -0.3 is 5.73 Å². The topological polar surface area (TPSA) is 75.5 Å². The minimum Gasteiger partial charge on any atom is -0.327 e. The minimum absolute atomic E-state index is 0.102. The lowest BCUT2D eigenvalue weighted by Gasteiger charge is -2.14. The Morgan fingerprint density at radius 2 is 1.04 bits per heavy atom. The highest BCUT2D eigenvalue weighted by molar-refractivity contribution is 7.13. The van der Waals surface area contributed by atoms with E-state index in [4.69, 9.17) is 15.7 Å². The van der Waals surface area contributed by atoms with Crippen LogP contribution in [0, 0.1) is 0 Å². The van der Waals surface area contributed by atoms with E-state index in [0.29, 0.717) is 12.8 Å². The van der Waals surface area contributed by atoms with Crippen LogP contribution >= 0.6 is 45.3 Å². The highest BCUT2D eigenvalue weighted by atomic mass is 32.1. The second kappa shape index (κ2) is 15.4. The van der Waals surface area contributed by atoms with Gasteiger partial charge in [-0.3, -0.25) is 9.98 Å². The predicted octanol–water partition coefficient (Wildman–Crippen LogP) is 10.4. The Kier molecular flexibility index (Phi) is 10.7. The van der Waals surface area contributed by atoms with Gasteiger partial charge in [0, 0.05) is 38.4 Å². The summed E-state index contributed by atoms with van der Waals surface area (Å²) in [5.74, 6) is 0. The van der Waals surface area contributed by atoms with Gasteiger partial charge in [0.2, 0.25) is 0 Å². The van der Waals surface area contributed by atoms with Crippen molar-refractivity contribution in [3.63, 3.8) is 0 Å². The molecule has 1 unspecified atom stereocenters. The van der Waals surface area contributed by atoms with Crippen molar-refractivity contribution in [1.82, 2.24) is 0 Å². The number of hydrogen-bond acceptors (Lipinski definition) is 9. The first-order valence-electron chi connectivity index (χ1n) is 14.8. The minimum atomic E-state index is -0.102. The highest BCUT2D eigenvalue weighted by Gasteiger charge is 2.14. The van der Waals surface area contributed by atoms with Crippen molar-refractivity contribution in [2.24, 2.45) is 25.7 Å². The summed E-state index contributed by atoms with van der Waals surface area (Å²) in [6.45, 7) is 7.64. The molecular formula is C37H33N5S4. The molecule has 9 heteroatoms. The summed E-state index contributed by atoms with van der Waals surface area (Å²) in [6.07, 6.45) is 2.93. The van der Waals surface area contributed by atoms with E-state index in [2.05, 4.69) is 118 Å². The number of nitrogens with two attached hydrogens (primary N) is 1. The van der Waals surface area contributed by atoms with Crippen molar-refractivity contribution in [2.45, 2.75) is 31.7 Å². The first-order chi connectivity index (χ1) is 22.6. The Morgan fingerprint density at radius 3 is 1.52 bits per heavy atom. The number of aliphatic imine (C=N–C) groups is 4. The third kappa shape index (κ3) is 8.17. The average molecular weight is 676 g/mol. The summed E-state index contributed by atoms with van der Waals surface area (Å²) in [6, 6.07) is 29.1. The monoisotopic (exact) mass is 675 g/mol. The third-order valence-corrected chi connectivity index (χ3v) is 11.0. The summed E-state index contributed by atoms with van der Waals surface area (Å²) in [4.78, 5) is 23.7. The second-order valence-electron chi connectivity index (χ2n) is 10.7. The summed E-state index contributed by atoms with van der Waals surface area (Å²) < 4.78 is 0. The first-order valence-corrected chi connectivity index (χ1v) is 18.3. The van der Waals surface area contributed by atoms with Gasteiger partial charge in [-0.15, -0.1) is 45.3 Å². The maximum absolute atomic E-state index is 6.74. The second-order valence-corrected chi connectivity index (χ2v) is 14.7. The van der Waals surface area contributed by atoms with Crippen LogP contribution in [0.1, 0.15) is 30.6 Å². The Labute approximate surface area is 285 Å². The SMILES string of the molecule is C=Nc1cc(CC(N)Cc2ccc(N=C)c(N=C(Cc3cccs3)c3cccs3)c2)ccc1N=C(Cc1cccs1)c1cccs1. The van der Waals surface area contributed by atoms with E-state index in [1.165, 1.54) is 9.75 Å². The average Bonchev–Trinajstić information content (AvgIpc) is 3.90. The molecule has 230 valence electrons. The molecule has 2 N–H and O–H groups in total. The quantitative estimate of drug-likeness (QED) is 0.115. The van der Waals surface area contributed by atoms with Crippen LogP contribution in [0.5, 0.6) is 0 Å². The summed E-state index contributed by atoms with van der Waals surface area (Å²) in [5, 5.41) is 8.37. The van der Waals surface area contributed by atoms with Crippen LogP contribution in [0.4, 0.5) is 22.7 Å². The van der Waals surface area contributed by atoms with Crippen molar-refractivity contribution in [3.8, 4) is 0 Å². The van der Waals surface area contributed by atoms with Crippen molar-refractivity contribution >= 4 is 93.0 Å². The number of hydrogen-bond donors (Lipinski definition) is 1. The van der Waals surface area contributed by atoms with E-state index in [-0.39, 0.29) is 6.04 Å². The zero-order valence-electron chi connectivity index (χ0n) is 25.2. The van der Waals surface area contributed by atoms with Gasteiger partial charge in [-0.25, -0.2) is 9.98 Å². The van der Waals surface area contributed by atoms with Gasteiger partial charge in [0.15, 0.2) is 0 Å². The zero-order valence-corrected chi connectivity index (χ0v) is 28.5. The number of rotatable bonds is 14. The van der Waals surface area contributed by atoms with Gasteiger partial charge in [-0.05, 0) is 107 Å². The summed E-state index contributed by atoms with van der Waals surface area (Å²) in [7, 11) is 0. The molecule has 6 aromatic rings. The van der Waals surface area contributed by atoms with E-state index in [1.807, 2.05) is 12.1 Å². The van der Waals surface area contributed by atoms with Gasteiger partial charge in [-0.2, -0.15) is 0 Å². The summed E-state index contributed by atoms with van der Waals surface area (Å²) >= 11 is 6.88. The van der Waals surface area contributed by atoms with Crippen molar-refractivity contribution in [2.75, 3.05) is 0 Å². The number of benzene rings is 2. The van der Waals surface area contributed by atoms with E-state index < -0.39 is 0 Å². The molecule has 0 amide bonds. The number of thiophene rings is 4. The molecule has 1 atom stereocenters. The number of nitrogens with zero attached hydrogens (tertiary/aromatic N) is 4. The molecule has 0 bridgehead atoms. The van der Waals surface area contributed by atoms with Crippen molar-refractivity contribution in [3.05, 3.63) is 137 Å². The molecule has 4 aromatic heterocycles. The van der Waals surface area contributed by atoms with Crippen LogP contribution in [-0.4, -0.2) is 30.9 Å². The van der Waals surface area contributed by atoms with E-state index in [1.54, 1.807) is 45.3 Å². The molecule has 0 saturated carbocycles. The molecule has 4 heterocycles. The van der Waals surface area contributed by atoms with E-state index in [0.717, 1.165) is 67.9 Å². The van der Waals surface area contributed by atoms with Gasteiger partial charge in [0.25, 0.3) is 0 Å². The van der Waals surface area contributed by atoms with Crippen LogP contribution in [0.3, 0.4) is 0 Å². The molecule has 0 aliphatic heterocycles. The van der Waals surface area contributed by atoms with Gasteiger partial charge in [0.05, 0.1) is 34.2 Å². The summed E-state index contributed by atoms with van der Waals surface area (Å²) in [5.41, 5.74) is 14.1. The Balaban J connectivity index is 1.20. The third-order valence-electron chi connectivity index (χ3n) is 7.38. The zero-order chi connectivity index (χ0) is 31.7. The molecule has 6 rings (SSSR count). The fourth-order valence-electron chi connectivity index (χ4n) is 5.21. The molecule has 0 spiro atoms. The normalized spacial score (nSPS) is 12.7. The molecule has 2 aromatic carbocycles. The van der Waals surface area contributed by atoms with Crippen LogP contribution in [0.15, 0.2) is 126 Å². The maximum Gasteiger partial charge on any atom is 0.0892 e. The van der Waals surface area contributed by atoms with Crippen molar-refractivity contribution < 1.29 is 0 Å². The lowest BCUT2D eigenvalue weighted by Crippen LogP contribution is -2.25. The molecule has 5 nitrogen and oxygen atoms in total. The largest absolute Gasteiger partial charge is 0.327 e. The maximum atomic E-state index is 6.74.